The largest absolute Gasteiger partial charge is 0.0622 e. The van der Waals surface area contributed by atoms with Crippen molar-refractivity contribution < 1.29 is 0 Å². The molecule has 0 aromatic rings. The van der Waals surface area contributed by atoms with Gasteiger partial charge in [-0.1, -0.05) is 13.8 Å². The molecule has 2 rings (SSSR count). The average molecular weight is 110 g/mol. The summed E-state index contributed by atoms with van der Waals surface area (Å²) in [5.41, 5.74) is 0. The standard InChI is InChI=1S/C8H14/c1-5-3-7-4-8(7)6(5)2/h5-8H,3-4H2,1-2H3/t5-,6-,7+,8+/m0/s1. The fourth-order valence-corrected chi connectivity index (χ4v) is 2.30. The summed E-state index contributed by atoms with van der Waals surface area (Å²) in [7, 11) is 0. The molecule has 0 aromatic heterocycles. The van der Waals surface area contributed by atoms with E-state index in [1.807, 2.05) is 0 Å². The fraction of sp³-hybridized carbons (Fsp3) is 1.00. The van der Waals surface area contributed by atoms with Gasteiger partial charge in [-0.15, -0.1) is 0 Å². The van der Waals surface area contributed by atoms with Crippen molar-refractivity contribution in [3.05, 3.63) is 0 Å². The highest BCUT2D eigenvalue weighted by atomic mass is 14.5. The predicted molar refractivity (Wildman–Crippen MR) is 34.5 cm³/mol. The summed E-state index contributed by atoms with van der Waals surface area (Å²) in [5, 5.41) is 0. The first kappa shape index (κ1) is 4.84. The van der Waals surface area contributed by atoms with E-state index in [0.29, 0.717) is 0 Å². The third-order valence-corrected chi connectivity index (χ3v) is 3.22. The summed E-state index contributed by atoms with van der Waals surface area (Å²) >= 11 is 0. The second-order valence-electron chi connectivity index (χ2n) is 3.73. The molecule has 0 N–H and O–H groups in total. The van der Waals surface area contributed by atoms with E-state index >= 15 is 0 Å². The van der Waals surface area contributed by atoms with E-state index in [0.717, 1.165) is 17.8 Å². The molecule has 46 valence electrons. The number of hydrogen-bond acceptors (Lipinski definition) is 0. The lowest BCUT2D eigenvalue weighted by Crippen LogP contribution is -2.02. The average Bonchev–Trinajstić information content (AvgIpc) is 2.39. The van der Waals surface area contributed by atoms with E-state index in [-0.39, 0.29) is 0 Å². The van der Waals surface area contributed by atoms with Gasteiger partial charge in [0.05, 0.1) is 0 Å². The van der Waals surface area contributed by atoms with Crippen LogP contribution in [0, 0.1) is 23.7 Å². The highest BCUT2D eigenvalue weighted by Crippen LogP contribution is 2.57. The molecule has 0 aliphatic heterocycles. The smallest absolute Gasteiger partial charge is 0.0355 e. The van der Waals surface area contributed by atoms with Gasteiger partial charge in [0, 0.05) is 0 Å². The van der Waals surface area contributed by atoms with E-state index in [4.69, 9.17) is 0 Å². The van der Waals surface area contributed by atoms with Gasteiger partial charge in [-0.25, -0.2) is 0 Å². The fourth-order valence-electron chi connectivity index (χ4n) is 2.30. The third kappa shape index (κ3) is 0.463. The molecule has 2 fully saturated rings. The zero-order valence-corrected chi connectivity index (χ0v) is 5.72. The molecular formula is C8H14. The molecule has 4 atom stereocenters. The Morgan fingerprint density at radius 2 is 1.88 bits per heavy atom. The normalized spacial score (nSPS) is 60.8. The first-order valence-electron chi connectivity index (χ1n) is 3.79. The summed E-state index contributed by atoms with van der Waals surface area (Å²) in [5.74, 6) is 4.42. The number of hydrogen-bond donors (Lipinski definition) is 0. The molecular weight excluding hydrogens is 96.1 g/mol. The van der Waals surface area contributed by atoms with E-state index < -0.39 is 0 Å². The van der Waals surface area contributed by atoms with Gasteiger partial charge < -0.3 is 0 Å². The lowest BCUT2D eigenvalue weighted by atomic mass is 9.95. The van der Waals surface area contributed by atoms with Crippen molar-refractivity contribution in [3.8, 4) is 0 Å². The van der Waals surface area contributed by atoms with Crippen LogP contribution in [0.25, 0.3) is 0 Å². The van der Waals surface area contributed by atoms with Crippen LogP contribution in [0.3, 0.4) is 0 Å². The van der Waals surface area contributed by atoms with Crippen LogP contribution in [0.15, 0.2) is 0 Å². The summed E-state index contributed by atoms with van der Waals surface area (Å²) in [6, 6.07) is 0. The van der Waals surface area contributed by atoms with E-state index in [2.05, 4.69) is 13.8 Å². The van der Waals surface area contributed by atoms with Crippen molar-refractivity contribution in [1.29, 1.82) is 0 Å². The van der Waals surface area contributed by atoms with Gasteiger partial charge in [0.15, 0.2) is 0 Å². The summed E-state index contributed by atoms with van der Waals surface area (Å²) in [6.45, 7) is 4.82. The van der Waals surface area contributed by atoms with Crippen molar-refractivity contribution in [3.63, 3.8) is 0 Å². The first-order chi connectivity index (χ1) is 3.79. The van der Waals surface area contributed by atoms with E-state index in [1.165, 1.54) is 12.3 Å². The van der Waals surface area contributed by atoms with Crippen LogP contribution < -0.4 is 0 Å². The highest BCUT2D eigenvalue weighted by molar-refractivity contribution is 4.98. The maximum atomic E-state index is 2.42. The maximum absolute atomic E-state index is 2.42. The lowest BCUT2D eigenvalue weighted by Gasteiger charge is -2.10. The Morgan fingerprint density at radius 3 is 2.12 bits per heavy atom. The van der Waals surface area contributed by atoms with Crippen molar-refractivity contribution >= 4 is 0 Å². The van der Waals surface area contributed by atoms with Gasteiger partial charge in [-0.3, -0.25) is 0 Å². The number of rotatable bonds is 0. The molecule has 0 aromatic carbocycles. The minimum absolute atomic E-state index is 1.04. The second kappa shape index (κ2) is 1.29. The molecule has 2 aliphatic rings. The van der Waals surface area contributed by atoms with Crippen LogP contribution in [0.5, 0.6) is 0 Å². The van der Waals surface area contributed by atoms with Gasteiger partial charge in [-0.05, 0) is 36.5 Å². The molecule has 0 saturated heterocycles. The van der Waals surface area contributed by atoms with Gasteiger partial charge in [0.2, 0.25) is 0 Å². The van der Waals surface area contributed by atoms with Gasteiger partial charge >= 0.3 is 0 Å². The van der Waals surface area contributed by atoms with Crippen LogP contribution in [-0.4, -0.2) is 0 Å². The second-order valence-corrected chi connectivity index (χ2v) is 3.73. The Kier molecular flexibility index (Phi) is 0.778. The SMILES string of the molecule is C[C@@H]1[C@H]2C[C@H]2C[C@@H]1C. The van der Waals surface area contributed by atoms with Crippen LogP contribution in [0.2, 0.25) is 0 Å². The predicted octanol–water partition coefficient (Wildman–Crippen LogP) is 2.30. The van der Waals surface area contributed by atoms with Gasteiger partial charge in [-0.2, -0.15) is 0 Å². The summed E-state index contributed by atoms with van der Waals surface area (Å²) < 4.78 is 0. The molecule has 0 spiro atoms. The Bertz CT molecular complexity index is 105. The Balaban J connectivity index is 2.08. The minimum Gasteiger partial charge on any atom is -0.0622 e. The zero-order valence-electron chi connectivity index (χ0n) is 5.72. The lowest BCUT2D eigenvalue weighted by molar-refractivity contribution is 0.394. The zero-order chi connectivity index (χ0) is 5.72. The van der Waals surface area contributed by atoms with E-state index in [9.17, 15) is 0 Å². The van der Waals surface area contributed by atoms with Crippen molar-refractivity contribution in [2.75, 3.05) is 0 Å². The van der Waals surface area contributed by atoms with Crippen LogP contribution in [-0.2, 0) is 0 Å². The third-order valence-electron chi connectivity index (χ3n) is 3.22. The molecule has 0 bridgehead atoms. The molecule has 0 amide bonds. The van der Waals surface area contributed by atoms with Crippen LogP contribution in [0.1, 0.15) is 26.7 Å². The minimum atomic E-state index is 1.04. The van der Waals surface area contributed by atoms with Crippen LogP contribution in [0.4, 0.5) is 0 Å². The van der Waals surface area contributed by atoms with Gasteiger partial charge in [0.1, 0.15) is 0 Å². The maximum Gasteiger partial charge on any atom is -0.0355 e. The topological polar surface area (TPSA) is 0 Å². The summed E-state index contributed by atoms with van der Waals surface area (Å²) in [4.78, 5) is 0. The quantitative estimate of drug-likeness (QED) is 0.449. The van der Waals surface area contributed by atoms with Crippen molar-refractivity contribution in [1.82, 2.24) is 0 Å². The first-order valence-corrected chi connectivity index (χ1v) is 3.79. The van der Waals surface area contributed by atoms with Crippen molar-refractivity contribution in [2.45, 2.75) is 26.7 Å². The molecule has 0 radical (unpaired) electrons. The Labute approximate surface area is 51.3 Å². The van der Waals surface area contributed by atoms with E-state index in [1.54, 1.807) is 6.42 Å². The van der Waals surface area contributed by atoms with Crippen LogP contribution >= 0.6 is 0 Å². The Hall–Kier alpha value is 0. The monoisotopic (exact) mass is 110 g/mol. The van der Waals surface area contributed by atoms with Gasteiger partial charge in [0.25, 0.3) is 0 Å². The highest BCUT2D eigenvalue weighted by Gasteiger charge is 2.49. The number of fused-ring (bicyclic) bond motifs is 1. The molecule has 0 heteroatoms. The molecule has 0 heterocycles. The molecule has 8 heavy (non-hydrogen) atoms. The summed E-state index contributed by atoms with van der Waals surface area (Å²) in [6.07, 6.45) is 3.09. The molecule has 2 saturated carbocycles. The molecule has 0 nitrogen and oxygen atoms in total. The Morgan fingerprint density at radius 1 is 1.12 bits per heavy atom. The molecule has 2 aliphatic carbocycles. The van der Waals surface area contributed by atoms with Crippen molar-refractivity contribution in [2.24, 2.45) is 23.7 Å². The molecule has 0 unspecified atom stereocenters.